The van der Waals surface area contributed by atoms with Crippen LogP contribution in [0.25, 0.3) is 0 Å². The molecule has 1 spiro atoms. The van der Waals surface area contributed by atoms with Crippen LogP contribution in [0.3, 0.4) is 0 Å². The summed E-state index contributed by atoms with van der Waals surface area (Å²) in [6.07, 6.45) is 9.64. The Kier molecular flexibility index (Phi) is 4.74. The van der Waals surface area contributed by atoms with Gasteiger partial charge in [0.25, 0.3) is 0 Å². The van der Waals surface area contributed by atoms with Crippen molar-refractivity contribution < 1.29 is 4.74 Å². The van der Waals surface area contributed by atoms with Crippen LogP contribution >= 0.6 is 11.3 Å². The SMILES string of the molecule is CCOC1CC(NCCc2cscn2)C12CCCCC2. The van der Waals surface area contributed by atoms with Crippen LogP contribution in [0.4, 0.5) is 0 Å². The van der Waals surface area contributed by atoms with E-state index in [4.69, 9.17) is 4.74 Å². The molecule has 20 heavy (non-hydrogen) atoms. The molecule has 0 radical (unpaired) electrons. The second kappa shape index (κ2) is 6.54. The third-order valence-corrected chi connectivity index (χ3v) is 5.83. The topological polar surface area (TPSA) is 34.1 Å². The van der Waals surface area contributed by atoms with E-state index in [1.54, 1.807) is 11.3 Å². The first-order chi connectivity index (χ1) is 9.85. The summed E-state index contributed by atoms with van der Waals surface area (Å²) < 4.78 is 6.00. The molecule has 0 amide bonds. The summed E-state index contributed by atoms with van der Waals surface area (Å²) in [5.74, 6) is 0. The number of nitrogens with one attached hydrogen (secondary N) is 1. The fourth-order valence-corrected chi connectivity index (χ4v) is 4.68. The minimum Gasteiger partial charge on any atom is -0.378 e. The standard InChI is InChI=1S/C16H26N2OS/c1-2-19-15-10-14(16(15)7-4-3-5-8-16)17-9-6-13-11-20-12-18-13/h11-12,14-15,17H,2-10H2,1H3. The molecule has 112 valence electrons. The van der Waals surface area contributed by atoms with Gasteiger partial charge in [-0.3, -0.25) is 0 Å². The first kappa shape index (κ1) is 14.5. The number of rotatable bonds is 6. The van der Waals surface area contributed by atoms with Crippen molar-refractivity contribution in [3.63, 3.8) is 0 Å². The summed E-state index contributed by atoms with van der Waals surface area (Å²) in [5.41, 5.74) is 3.59. The van der Waals surface area contributed by atoms with Gasteiger partial charge in [-0.15, -0.1) is 11.3 Å². The number of thiazole rings is 1. The highest BCUT2D eigenvalue weighted by atomic mass is 32.1. The Morgan fingerprint density at radius 2 is 2.25 bits per heavy atom. The molecule has 0 saturated heterocycles. The molecule has 2 fully saturated rings. The Morgan fingerprint density at radius 3 is 2.95 bits per heavy atom. The molecule has 2 aliphatic carbocycles. The second-order valence-corrected chi connectivity index (χ2v) is 6.93. The van der Waals surface area contributed by atoms with E-state index in [0.717, 1.165) is 19.6 Å². The van der Waals surface area contributed by atoms with Gasteiger partial charge in [-0.25, -0.2) is 4.98 Å². The number of nitrogens with zero attached hydrogens (tertiary/aromatic N) is 1. The maximum absolute atomic E-state index is 6.00. The molecular weight excluding hydrogens is 268 g/mol. The van der Waals surface area contributed by atoms with Crippen molar-refractivity contribution in [3.8, 4) is 0 Å². The lowest BCUT2D eigenvalue weighted by Crippen LogP contribution is -2.64. The summed E-state index contributed by atoms with van der Waals surface area (Å²) in [4.78, 5) is 4.36. The van der Waals surface area contributed by atoms with Crippen molar-refractivity contribution in [1.82, 2.24) is 10.3 Å². The van der Waals surface area contributed by atoms with Gasteiger partial charge >= 0.3 is 0 Å². The highest BCUT2D eigenvalue weighted by molar-refractivity contribution is 7.07. The largest absolute Gasteiger partial charge is 0.378 e. The Bertz CT molecular complexity index is 401. The Labute approximate surface area is 126 Å². The third-order valence-electron chi connectivity index (χ3n) is 5.19. The van der Waals surface area contributed by atoms with Gasteiger partial charge < -0.3 is 10.1 Å². The predicted molar refractivity (Wildman–Crippen MR) is 83.2 cm³/mol. The fourth-order valence-electron chi connectivity index (χ4n) is 4.09. The fraction of sp³-hybridized carbons (Fsp3) is 0.812. The Hall–Kier alpha value is -0.450. The van der Waals surface area contributed by atoms with Crippen LogP contribution in [-0.2, 0) is 11.2 Å². The quantitative estimate of drug-likeness (QED) is 0.873. The van der Waals surface area contributed by atoms with Crippen LogP contribution in [-0.4, -0.2) is 30.3 Å². The van der Waals surface area contributed by atoms with Crippen LogP contribution in [0.1, 0.15) is 51.1 Å². The molecule has 2 atom stereocenters. The normalized spacial score (nSPS) is 28.4. The van der Waals surface area contributed by atoms with Crippen LogP contribution in [0.2, 0.25) is 0 Å². The molecule has 2 aliphatic rings. The van der Waals surface area contributed by atoms with E-state index >= 15 is 0 Å². The molecule has 1 aromatic rings. The van der Waals surface area contributed by atoms with Gasteiger partial charge in [0, 0.05) is 36.4 Å². The minimum atomic E-state index is 0.441. The van der Waals surface area contributed by atoms with Crippen molar-refractivity contribution in [2.75, 3.05) is 13.2 Å². The van der Waals surface area contributed by atoms with Gasteiger partial charge in [0.15, 0.2) is 0 Å². The molecule has 0 aromatic carbocycles. The van der Waals surface area contributed by atoms with Gasteiger partial charge in [0.2, 0.25) is 0 Å². The average Bonchev–Trinajstić information content (AvgIpc) is 3.00. The lowest BCUT2D eigenvalue weighted by atomic mass is 9.55. The number of aromatic nitrogens is 1. The summed E-state index contributed by atoms with van der Waals surface area (Å²) in [6.45, 7) is 4.03. The van der Waals surface area contributed by atoms with E-state index in [1.807, 2.05) is 5.51 Å². The minimum absolute atomic E-state index is 0.441. The lowest BCUT2D eigenvalue weighted by molar-refractivity contribution is -0.149. The summed E-state index contributed by atoms with van der Waals surface area (Å²) in [7, 11) is 0. The molecule has 0 bridgehead atoms. The maximum Gasteiger partial charge on any atom is 0.0794 e. The zero-order valence-electron chi connectivity index (χ0n) is 12.4. The van der Waals surface area contributed by atoms with Gasteiger partial charge in [0.1, 0.15) is 0 Å². The summed E-state index contributed by atoms with van der Waals surface area (Å²) in [5, 5.41) is 5.95. The van der Waals surface area contributed by atoms with Crippen LogP contribution in [0, 0.1) is 5.41 Å². The van der Waals surface area contributed by atoms with Crippen LogP contribution in [0.5, 0.6) is 0 Å². The van der Waals surface area contributed by atoms with E-state index in [2.05, 4.69) is 22.6 Å². The lowest BCUT2D eigenvalue weighted by Gasteiger charge is -2.58. The molecule has 1 N–H and O–H groups in total. The van der Waals surface area contributed by atoms with Crippen molar-refractivity contribution >= 4 is 11.3 Å². The number of hydrogen-bond acceptors (Lipinski definition) is 4. The molecule has 1 heterocycles. The van der Waals surface area contributed by atoms with E-state index in [-0.39, 0.29) is 0 Å². The highest BCUT2D eigenvalue weighted by Crippen LogP contribution is 2.53. The van der Waals surface area contributed by atoms with E-state index in [0.29, 0.717) is 17.6 Å². The molecule has 1 aromatic heterocycles. The van der Waals surface area contributed by atoms with Gasteiger partial charge in [-0.1, -0.05) is 19.3 Å². The first-order valence-corrected chi connectivity index (χ1v) is 9.01. The molecule has 2 saturated carbocycles. The predicted octanol–water partition coefficient (Wildman–Crippen LogP) is 3.40. The van der Waals surface area contributed by atoms with E-state index in [9.17, 15) is 0 Å². The maximum atomic E-state index is 6.00. The smallest absolute Gasteiger partial charge is 0.0794 e. The molecule has 3 rings (SSSR count). The molecule has 2 unspecified atom stereocenters. The highest BCUT2D eigenvalue weighted by Gasteiger charge is 2.55. The average molecular weight is 294 g/mol. The summed E-state index contributed by atoms with van der Waals surface area (Å²) in [6, 6.07) is 0.665. The van der Waals surface area contributed by atoms with E-state index < -0.39 is 0 Å². The second-order valence-electron chi connectivity index (χ2n) is 6.21. The Morgan fingerprint density at radius 1 is 1.40 bits per heavy atom. The first-order valence-electron chi connectivity index (χ1n) is 8.07. The van der Waals surface area contributed by atoms with E-state index in [1.165, 1.54) is 44.2 Å². The molecule has 0 aliphatic heterocycles. The van der Waals surface area contributed by atoms with Crippen LogP contribution < -0.4 is 5.32 Å². The van der Waals surface area contributed by atoms with Crippen molar-refractivity contribution in [3.05, 3.63) is 16.6 Å². The number of hydrogen-bond donors (Lipinski definition) is 1. The van der Waals surface area contributed by atoms with Gasteiger partial charge in [0.05, 0.1) is 17.3 Å². The zero-order valence-corrected chi connectivity index (χ0v) is 13.3. The van der Waals surface area contributed by atoms with Crippen molar-refractivity contribution in [2.45, 2.75) is 64.0 Å². The van der Waals surface area contributed by atoms with Crippen molar-refractivity contribution in [1.29, 1.82) is 0 Å². The van der Waals surface area contributed by atoms with Crippen LogP contribution in [0.15, 0.2) is 10.9 Å². The number of ether oxygens (including phenoxy) is 1. The summed E-state index contributed by atoms with van der Waals surface area (Å²) >= 11 is 1.69. The van der Waals surface area contributed by atoms with Gasteiger partial charge in [-0.2, -0.15) is 0 Å². The monoisotopic (exact) mass is 294 g/mol. The third kappa shape index (κ3) is 2.78. The molecule has 4 heteroatoms. The van der Waals surface area contributed by atoms with Crippen molar-refractivity contribution in [2.24, 2.45) is 5.41 Å². The molecular formula is C16H26N2OS. The molecule has 3 nitrogen and oxygen atoms in total. The van der Waals surface area contributed by atoms with Gasteiger partial charge in [-0.05, 0) is 26.2 Å². The Balaban J connectivity index is 1.53. The zero-order chi connectivity index (χ0) is 13.8.